The number of hydrogen-bond acceptors (Lipinski definition) is 0. The summed E-state index contributed by atoms with van der Waals surface area (Å²) in [7, 11) is 0. The predicted octanol–water partition coefficient (Wildman–Crippen LogP) is 13.2. The molecule has 0 radical (unpaired) electrons. The normalized spacial score (nSPS) is 50.8. The first-order valence-corrected chi connectivity index (χ1v) is 20.1. The number of halogens is 8. The molecule has 0 aromatic heterocycles. The lowest BCUT2D eigenvalue weighted by molar-refractivity contribution is -0.342. The van der Waals surface area contributed by atoms with E-state index in [2.05, 4.69) is 48.5 Å². The van der Waals surface area contributed by atoms with Crippen LogP contribution in [0.4, 0.5) is 0 Å². The maximum Gasteiger partial charge on any atom is 0.0796 e. The summed E-state index contributed by atoms with van der Waals surface area (Å²) in [6.07, 6.45) is 0. The Hall–Kier alpha value is -0.800. The predicted molar refractivity (Wildman–Crippen MR) is 191 cm³/mol. The Labute approximate surface area is 316 Å². The Balaban J connectivity index is 1.24. The number of benzene rings is 4. The van der Waals surface area contributed by atoms with Gasteiger partial charge in [0.25, 0.3) is 0 Å². The van der Waals surface area contributed by atoms with Crippen molar-refractivity contribution in [3.8, 4) is 0 Å². The smallest absolute Gasteiger partial charge is 0.0796 e. The Bertz CT molecular complexity index is 2140. The Morgan fingerprint density at radius 3 is 0.729 bits per heavy atom. The summed E-state index contributed by atoms with van der Waals surface area (Å²) in [5.41, 5.74) is 11.1. The van der Waals surface area contributed by atoms with E-state index in [9.17, 15) is 0 Å². The molecule has 9 saturated carbocycles. The van der Waals surface area contributed by atoms with Crippen LogP contribution in [0, 0.1) is 45.3 Å². The van der Waals surface area contributed by atoms with Crippen LogP contribution in [0.25, 0.3) is 0 Å². The van der Waals surface area contributed by atoms with Crippen LogP contribution in [0.5, 0.6) is 0 Å². The highest BCUT2D eigenvalue weighted by atomic mass is 35.5. The summed E-state index contributed by atoms with van der Waals surface area (Å²) in [4.78, 5) is 0. The van der Waals surface area contributed by atoms with E-state index in [4.69, 9.17) is 92.8 Å². The molecule has 4 spiro atoms. The van der Waals surface area contributed by atoms with Crippen molar-refractivity contribution in [3.05, 3.63) is 133 Å². The number of rotatable bonds is 0. The SMILES string of the molecule is Clc1c(Cl)c(Cl)c2c(c1Cl)[C@@H]1C3C4[C@H]5c6c(Cl)c(Cl)c(Cl)c(Cl)c6[C@@H]3C36[C@H]7c8ccccc8[C@@H]8C9C7[C@H]7c%10ccccc%10[C@@H]9C([C@@H]24)(C713)C856. The van der Waals surface area contributed by atoms with E-state index in [-0.39, 0.29) is 45.3 Å². The second-order valence-electron chi connectivity index (χ2n) is 17.0. The highest BCUT2D eigenvalue weighted by Crippen LogP contribution is 3.22. The van der Waals surface area contributed by atoms with Crippen molar-refractivity contribution >= 4 is 92.8 Å². The van der Waals surface area contributed by atoms with E-state index in [1.807, 2.05) is 0 Å². The van der Waals surface area contributed by atoms with Gasteiger partial charge in [0.2, 0.25) is 0 Å². The van der Waals surface area contributed by atoms with Crippen LogP contribution in [-0.2, 0) is 0 Å². The lowest BCUT2D eigenvalue weighted by atomic mass is 9.15. The van der Waals surface area contributed by atoms with E-state index in [0.717, 1.165) is 0 Å². The molecule has 8 heteroatoms. The van der Waals surface area contributed by atoms with Gasteiger partial charge >= 0.3 is 0 Å². The van der Waals surface area contributed by atoms with Gasteiger partial charge in [-0.2, -0.15) is 0 Å². The minimum atomic E-state index is -0.00484. The second-order valence-corrected chi connectivity index (χ2v) is 20.1. The first kappa shape index (κ1) is 26.9. The standard InChI is InChI=1S/C40H20Cl8/c41-29-17-18(30(42)34(46)33(29)45)26-16-15-25(17)37-21-9-5-1-2-6-10(9)22-14-13(21)23-11-7-3-4-8-12(11)24(14)40(38(22,26)37)28(16)20-19(27(15)39(23,37)40)31(43)35(47)36(48)32(20)44/h1-8,13-16,21-28H/t13?,14?,15?,16?,21-,22+,23+,24-,25+,26-,27-,28+,37?,38?,39?,40?. The summed E-state index contributed by atoms with van der Waals surface area (Å²) < 4.78 is 0. The summed E-state index contributed by atoms with van der Waals surface area (Å²) in [5.74, 6) is 4.28. The van der Waals surface area contributed by atoms with E-state index in [1.165, 1.54) is 22.3 Å². The number of hydrogen-bond donors (Lipinski definition) is 0. The van der Waals surface area contributed by atoms with Crippen LogP contribution in [0.3, 0.4) is 0 Å². The molecule has 4 aromatic rings. The van der Waals surface area contributed by atoms with Crippen molar-refractivity contribution in [1.29, 1.82) is 0 Å². The van der Waals surface area contributed by atoms with Crippen LogP contribution >= 0.6 is 92.8 Å². The zero-order chi connectivity index (χ0) is 31.8. The fourth-order valence-corrected chi connectivity index (χ4v) is 21.6. The van der Waals surface area contributed by atoms with Crippen LogP contribution in [0.2, 0.25) is 40.2 Å². The molecule has 236 valence electrons. The summed E-state index contributed by atoms with van der Waals surface area (Å²) in [6, 6.07) is 19.0. The minimum absolute atomic E-state index is 0.00484. The highest BCUT2D eigenvalue weighted by molar-refractivity contribution is 6.53. The lowest BCUT2D eigenvalue weighted by Gasteiger charge is -2.87. The average molecular weight is 784 g/mol. The molecule has 48 heavy (non-hydrogen) atoms. The maximum absolute atomic E-state index is 7.50. The van der Waals surface area contributed by atoms with Crippen LogP contribution in [0.1, 0.15) is 91.9 Å². The molecule has 12 atom stereocenters. The molecule has 0 nitrogen and oxygen atoms in total. The topological polar surface area (TPSA) is 0 Å². The minimum Gasteiger partial charge on any atom is -0.0823 e. The molecule has 17 aliphatic carbocycles. The molecule has 4 unspecified atom stereocenters. The van der Waals surface area contributed by atoms with Crippen molar-refractivity contribution in [1.82, 2.24) is 0 Å². The summed E-state index contributed by atoms with van der Waals surface area (Å²) >= 11 is 58.1. The summed E-state index contributed by atoms with van der Waals surface area (Å²) in [5, 5.41) is 4.02. The Kier molecular flexibility index (Phi) is 3.99. The molecule has 16 bridgehead atoms. The van der Waals surface area contributed by atoms with Gasteiger partial charge in [-0.05, 0) is 137 Å². The molecule has 17 aliphatic rings. The van der Waals surface area contributed by atoms with Gasteiger partial charge in [-0.25, -0.2) is 0 Å². The van der Waals surface area contributed by atoms with Crippen LogP contribution in [0.15, 0.2) is 48.5 Å². The quantitative estimate of drug-likeness (QED) is 0.123. The molecule has 0 aliphatic heterocycles. The van der Waals surface area contributed by atoms with Crippen molar-refractivity contribution in [2.45, 2.75) is 47.3 Å². The van der Waals surface area contributed by atoms with Gasteiger partial charge in [0.15, 0.2) is 0 Å². The van der Waals surface area contributed by atoms with Gasteiger partial charge in [-0.1, -0.05) is 141 Å². The maximum atomic E-state index is 7.50. The van der Waals surface area contributed by atoms with Gasteiger partial charge in [0, 0.05) is 0 Å². The lowest BCUT2D eigenvalue weighted by Crippen LogP contribution is -2.83. The van der Waals surface area contributed by atoms with E-state index in [0.29, 0.717) is 87.5 Å². The largest absolute Gasteiger partial charge is 0.0823 e. The Morgan fingerprint density at radius 2 is 0.500 bits per heavy atom. The van der Waals surface area contributed by atoms with Gasteiger partial charge in [-0.15, -0.1) is 0 Å². The van der Waals surface area contributed by atoms with Crippen LogP contribution < -0.4 is 0 Å². The Morgan fingerprint density at radius 1 is 0.292 bits per heavy atom. The van der Waals surface area contributed by atoms with Gasteiger partial charge in [0.1, 0.15) is 0 Å². The highest BCUT2D eigenvalue weighted by Gasteiger charge is 3.16. The van der Waals surface area contributed by atoms with Gasteiger partial charge in [-0.3, -0.25) is 0 Å². The fourth-order valence-electron chi connectivity index (χ4n) is 19.4. The van der Waals surface area contributed by atoms with E-state index < -0.39 is 0 Å². The molecular weight excluding hydrogens is 764 g/mol. The van der Waals surface area contributed by atoms with Crippen molar-refractivity contribution in [2.75, 3.05) is 0 Å². The molecular formula is C40H20Cl8. The first-order valence-electron chi connectivity index (χ1n) is 17.1. The van der Waals surface area contributed by atoms with E-state index >= 15 is 0 Å². The zero-order valence-electron chi connectivity index (χ0n) is 24.6. The fraction of sp³-hybridized carbons (Fsp3) is 0.400. The molecule has 0 amide bonds. The molecule has 21 rings (SSSR count). The molecule has 0 saturated heterocycles. The van der Waals surface area contributed by atoms with E-state index in [1.54, 1.807) is 22.3 Å². The first-order chi connectivity index (χ1) is 23.2. The molecule has 4 aromatic carbocycles. The second kappa shape index (κ2) is 7.11. The third kappa shape index (κ3) is 1.74. The zero-order valence-corrected chi connectivity index (χ0v) is 30.6. The van der Waals surface area contributed by atoms with Crippen molar-refractivity contribution in [3.63, 3.8) is 0 Å². The monoisotopic (exact) mass is 780 g/mol. The van der Waals surface area contributed by atoms with Gasteiger partial charge in [0.05, 0.1) is 40.2 Å². The third-order valence-corrected chi connectivity index (χ3v) is 21.6. The van der Waals surface area contributed by atoms with Gasteiger partial charge < -0.3 is 0 Å². The molecule has 0 heterocycles. The third-order valence-electron chi connectivity index (χ3n) is 17.9. The van der Waals surface area contributed by atoms with Crippen LogP contribution in [-0.4, -0.2) is 0 Å². The summed E-state index contributed by atoms with van der Waals surface area (Å²) in [6.45, 7) is 0. The molecule has 9 fully saturated rings. The van der Waals surface area contributed by atoms with Crippen molar-refractivity contribution in [2.24, 2.45) is 45.3 Å². The average Bonchev–Trinajstić information content (AvgIpc) is 3.54. The van der Waals surface area contributed by atoms with Crippen molar-refractivity contribution < 1.29 is 0 Å². The molecule has 0 N–H and O–H groups in total.